The second-order valence-corrected chi connectivity index (χ2v) is 5.39. The lowest BCUT2D eigenvalue weighted by molar-refractivity contribution is -0.114. The van der Waals surface area contributed by atoms with Crippen molar-refractivity contribution in [1.82, 2.24) is 4.90 Å². The molecule has 0 aliphatic carbocycles. The van der Waals surface area contributed by atoms with Gasteiger partial charge < -0.3 is 15.3 Å². The highest BCUT2D eigenvalue weighted by molar-refractivity contribution is 5.96. The number of carbonyl (C=O) groups is 2. The van der Waals surface area contributed by atoms with Crippen molar-refractivity contribution in [1.29, 1.82) is 0 Å². The number of amides is 2. The lowest BCUT2D eigenvalue weighted by atomic mass is 9.89. The molecule has 0 saturated carbocycles. The Morgan fingerprint density at radius 2 is 1.90 bits per heavy atom. The fourth-order valence-corrected chi connectivity index (χ4v) is 2.51. The van der Waals surface area contributed by atoms with E-state index in [1.807, 2.05) is 6.92 Å². The van der Waals surface area contributed by atoms with Gasteiger partial charge in [0.25, 0.3) is 5.91 Å². The van der Waals surface area contributed by atoms with Gasteiger partial charge in [-0.3, -0.25) is 9.59 Å². The number of hydrogen-bond donors (Lipinski definition) is 2. The Bertz CT molecular complexity index is 504. The summed E-state index contributed by atoms with van der Waals surface area (Å²) >= 11 is 0. The zero-order chi connectivity index (χ0) is 14.8. The molecule has 1 aliphatic heterocycles. The van der Waals surface area contributed by atoms with Crippen molar-refractivity contribution in [2.75, 3.05) is 18.4 Å². The number of nitrogens with one attached hydrogen (secondary N) is 1. The molecule has 0 aromatic heterocycles. The Hall–Kier alpha value is -1.88. The molecule has 1 heterocycles. The van der Waals surface area contributed by atoms with E-state index in [9.17, 15) is 14.7 Å². The van der Waals surface area contributed by atoms with Crippen LogP contribution in [0.3, 0.4) is 0 Å². The van der Waals surface area contributed by atoms with Crippen molar-refractivity contribution in [2.24, 2.45) is 0 Å². The number of likely N-dealkylation sites (tertiary alicyclic amines) is 1. The van der Waals surface area contributed by atoms with Crippen LogP contribution in [0.15, 0.2) is 24.3 Å². The topological polar surface area (TPSA) is 69.6 Å². The van der Waals surface area contributed by atoms with Crippen molar-refractivity contribution in [3.8, 4) is 0 Å². The van der Waals surface area contributed by atoms with Gasteiger partial charge in [-0.1, -0.05) is 13.3 Å². The van der Waals surface area contributed by atoms with Crippen LogP contribution in [0.1, 0.15) is 37.0 Å². The minimum absolute atomic E-state index is 0.0832. The van der Waals surface area contributed by atoms with E-state index in [1.165, 1.54) is 6.92 Å². The molecule has 1 aromatic carbocycles. The molecule has 2 amide bonds. The van der Waals surface area contributed by atoms with E-state index in [1.54, 1.807) is 29.2 Å². The first kappa shape index (κ1) is 14.5. The maximum Gasteiger partial charge on any atom is 0.254 e. The number of benzene rings is 1. The monoisotopic (exact) mass is 276 g/mol. The highest BCUT2D eigenvalue weighted by Gasteiger charge is 2.42. The highest BCUT2D eigenvalue weighted by atomic mass is 16.3. The number of β-amino-alcohol motifs (C(OH)–C–C–N with tert-alkyl or cyclic N) is 1. The van der Waals surface area contributed by atoms with Crippen LogP contribution < -0.4 is 5.32 Å². The molecule has 0 atom stereocenters. The zero-order valence-electron chi connectivity index (χ0n) is 11.8. The van der Waals surface area contributed by atoms with Gasteiger partial charge in [0, 0.05) is 18.2 Å². The van der Waals surface area contributed by atoms with Gasteiger partial charge >= 0.3 is 0 Å². The van der Waals surface area contributed by atoms with Crippen molar-refractivity contribution in [3.63, 3.8) is 0 Å². The molecule has 0 bridgehead atoms. The summed E-state index contributed by atoms with van der Waals surface area (Å²) < 4.78 is 0. The minimum atomic E-state index is -0.708. The van der Waals surface area contributed by atoms with Crippen LogP contribution in [0.2, 0.25) is 0 Å². The zero-order valence-corrected chi connectivity index (χ0v) is 11.8. The Morgan fingerprint density at radius 3 is 2.40 bits per heavy atom. The van der Waals surface area contributed by atoms with Crippen LogP contribution in [0.4, 0.5) is 5.69 Å². The third-order valence-corrected chi connectivity index (χ3v) is 3.43. The van der Waals surface area contributed by atoms with Crippen LogP contribution in [0.25, 0.3) is 0 Å². The SMILES string of the molecule is CCCC1(O)CN(C(=O)c2ccc(NC(C)=O)cc2)C1. The molecule has 108 valence electrons. The average molecular weight is 276 g/mol. The van der Waals surface area contributed by atoms with Gasteiger partial charge in [-0.25, -0.2) is 0 Å². The molecule has 0 radical (unpaired) electrons. The maximum atomic E-state index is 12.2. The van der Waals surface area contributed by atoms with Gasteiger partial charge in [0.1, 0.15) is 0 Å². The van der Waals surface area contributed by atoms with Crippen LogP contribution >= 0.6 is 0 Å². The number of aliphatic hydroxyl groups is 1. The number of hydrogen-bond acceptors (Lipinski definition) is 3. The van der Waals surface area contributed by atoms with Crippen molar-refractivity contribution >= 4 is 17.5 Å². The third-order valence-electron chi connectivity index (χ3n) is 3.43. The summed E-state index contributed by atoms with van der Waals surface area (Å²) in [4.78, 5) is 24.7. The number of anilines is 1. The van der Waals surface area contributed by atoms with Gasteiger partial charge in [0.15, 0.2) is 0 Å². The normalized spacial score (nSPS) is 16.4. The Kier molecular flexibility index (Phi) is 4.09. The lowest BCUT2D eigenvalue weighted by Gasteiger charge is -2.46. The largest absolute Gasteiger partial charge is 0.386 e. The standard InChI is InChI=1S/C15H20N2O3/c1-3-8-15(20)9-17(10-15)14(19)12-4-6-13(7-5-12)16-11(2)18/h4-7,20H,3,8-10H2,1-2H3,(H,16,18). The van der Waals surface area contributed by atoms with E-state index in [-0.39, 0.29) is 11.8 Å². The molecule has 1 fully saturated rings. The lowest BCUT2D eigenvalue weighted by Crippen LogP contribution is -2.63. The van der Waals surface area contributed by atoms with Crippen LogP contribution in [0.5, 0.6) is 0 Å². The summed E-state index contributed by atoms with van der Waals surface area (Å²) in [5.41, 5.74) is 0.526. The van der Waals surface area contributed by atoms with Gasteiger partial charge in [0.2, 0.25) is 5.91 Å². The van der Waals surface area contributed by atoms with E-state index in [2.05, 4.69) is 5.32 Å². The summed E-state index contributed by atoms with van der Waals surface area (Å²) in [6.45, 7) is 4.25. The molecule has 0 spiro atoms. The first-order chi connectivity index (χ1) is 9.43. The third kappa shape index (κ3) is 3.17. The maximum absolute atomic E-state index is 12.2. The fourth-order valence-electron chi connectivity index (χ4n) is 2.51. The van der Waals surface area contributed by atoms with E-state index in [0.29, 0.717) is 24.3 Å². The molecule has 5 heteroatoms. The molecule has 5 nitrogen and oxygen atoms in total. The molecule has 1 aromatic rings. The minimum Gasteiger partial charge on any atom is -0.386 e. The summed E-state index contributed by atoms with van der Waals surface area (Å²) in [5, 5.41) is 12.7. The molecule has 1 saturated heterocycles. The second kappa shape index (κ2) is 5.63. The summed E-state index contributed by atoms with van der Waals surface area (Å²) in [7, 11) is 0. The van der Waals surface area contributed by atoms with Crippen molar-refractivity contribution in [3.05, 3.63) is 29.8 Å². The van der Waals surface area contributed by atoms with Gasteiger partial charge in [-0.05, 0) is 30.7 Å². The summed E-state index contributed by atoms with van der Waals surface area (Å²) in [6, 6.07) is 6.77. The first-order valence-corrected chi connectivity index (χ1v) is 6.83. The van der Waals surface area contributed by atoms with Gasteiger partial charge in [-0.2, -0.15) is 0 Å². The Morgan fingerprint density at radius 1 is 1.30 bits per heavy atom. The van der Waals surface area contributed by atoms with E-state index >= 15 is 0 Å². The highest BCUT2D eigenvalue weighted by Crippen LogP contribution is 2.27. The van der Waals surface area contributed by atoms with Gasteiger partial charge in [0.05, 0.1) is 18.7 Å². The first-order valence-electron chi connectivity index (χ1n) is 6.83. The van der Waals surface area contributed by atoms with E-state index < -0.39 is 5.60 Å². The van der Waals surface area contributed by atoms with E-state index in [4.69, 9.17) is 0 Å². The number of nitrogens with zero attached hydrogens (tertiary/aromatic N) is 1. The summed E-state index contributed by atoms with van der Waals surface area (Å²) in [5.74, 6) is -0.225. The van der Waals surface area contributed by atoms with Crippen LogP contribution in [-0.2, 0) is 4.79 Å². The van der Waals surface area contributed by atoms with Crippen LogP contribution in [0, 0.1) is 0 Å². The van der Waals surface area contributed by atoms with Crippen molar-refractivity contribution in [2.45, 2.75) is 32.3 Å². The molecule has 2 N–H and O–H groups in total. The predicted molar refractivity (Wildman–Crippen MR) is 76.5 cm³/mol. The fraction of sp³-hybridized carbons (Fsp3) is 0.467. The molecule has 20 heavy (non-hydrogen) atoms. The predicted octanol–water partition coefficient (Wildman–Crippen LogP) is 1.63. The van der Waals surface area contributed by atoms with Crippen molar-refractivity contribution < 1.29 is 14.7 Å². The Balaban J connectivity index is 1.96. The number of rotatable bonds is 4. The van der Waals surface area contributed by atoms with Crippen LogP contribution in [-0.4, -0.2) is 40.5 Å². The molecule has 0 unspecified atom stereocenters. The quantitative estimate of drug-likeness (QED) is 0.878. The van der Waals surface area contributed by atoms with Gasteiger partial charge in [-0.15, -0.1) is 0 Å². The average Bonchev–Trinajstić information content (AvgIpc) is 2.35. The molecular weight excluding hydrogens is 256 g/mol. The molecule has 1 aliphatic rings. The number of carbonyl (C=O) groups excluding carboxylic acids is 2. The smallest absolute Gasteiger partial charge is 0.254 e. The Labute approximate surface area is 118 Å². The van der Waals surface area contributed by atoms with E-state index in [0.717, 1.165) is 12.8 Å². The second-order valence-electron chi connectivity index (χ2n) is 5.39. The molecule has 2 rings (SSSR count). The molecular formula is C15H20N2O3. The summed E-state index contributed by atoms with van der Waals surface area (Å²) in [6.07, 6.45) is 1.63.